The minimum absolute atomic E-state index is 0.366. The van der Waals surface area contributed by atoms with Gasteiger partial charge in [-0.3, -0.25) is 0 Å². The highest BCUT2D eigenvalue weighted by Crippen LogP contribution is 2.22. The van der Waals surface area contributed by atoms with Gasteiger partial charge in [0.2, 0.25) is 0 Å². The van der Waals surface area contributed by atoms with Crippen LogP contribution in [0.25, 0.3) is 0 Å². The molecule has 0 aromatic rings. The van der Waals surface area contributed by atoms with Gasteiger partial charge in [-0.25, -0.2) is 0 Å². The van der Waals surface area contributed by atoms with Gasteiger partial charge in [-0.05, 0) is 24.8 Å². The summed E-state index contributed by atoms with van der Waals surface area (Å²) in [6.45, 7) is 12.8. The topological polar surface area (TPSA) is 29.3 Å². The van der Waals surface area contributed by atoms with Gasteiger partial charge in [-0.2, -0.15) is 11.8 Å². The zero-order valence-corrected chi connectivity index (χ0v) is 12.1. The largest absolute Gasteiger partial charge is 0.328 e. The van der Waals surface area contributed by atoms with Crippen molar-refractivity contribution in [3.63, 3.8) is 0 Å². The van der Waals surface area contributed by atoms with Crippen molar-refractivity contribution < 1.29 is 0 Å². The van der Waals surface area contributed by atoms with Crippen LogP contribution in [-0.4, -0.2) is 41.6 Å². The van der Waals surface area contributed by atoms with Gasteiger partial charge >= 0.3 is 0 Å². The van der Waals surface area contributed by atoms with E-state index in [4.69, 9.17) is 5.73 Å². The molecule has 2 N–H and O–H groups in total. The van der Waals surface area contributed by atoms with E-state index in [2.05, 4.69) is 44.4 Å². The van der Waals surface area contributed by atoms with E-state index >= 15 is 0 Å². The molecule has 0 aromatic carbocycles. The van der Waals surface area contributed by atoms with E-state index in [1.54, 1.807) is 0 Å². The lowest BCUT2D eigenvalue weighted by molar-refractivity contribution is 0.255. The lowest BCUT2D eigenvalue weighted by Crippen LogP contribution is -2.39. The van der Waals surface area contributed by atoms with Crippen molar-refractivity contribution in [3.05, 3.63) is 0 Å². The highest BCUT2D eigenvalue weighted by Gasteiger charge is 2.19. The van der Waals surface area contributed by atoms with Gasteiger partial charge < -0.3 is 10.6 Å². The van der Waals surface area contributed by atoms with Crippen LogP contribution >= 0.6 is 11.8 Å². The second-order valence-electron chi connectivity index (χ2n) is 6.30. The van der Waals surface area contributed by atoms with Crippen molar-refractivity contribution in [1.29, 1.82) is 0 Å². The number of nitrogens with two attached hydrogens (primary N) is 1. The maximum Gasteiger partial charge on any atom is 0.0147 e. The molecule has 1 fully saturated rings. The molecule has 3 heteroatoms. The predicted molar refractivity (Wildman–Crippen MR) is 75.0 cm³/mol. The fraction of sp³-hybridized carbons (Fsp3) is 1.00. The van der Waals surface area contributed by atoms with E-state index in [9.17, 15) is 0 Å². The van der Waals surface area contributed by atoms with Crippen molar-refractivity contribution in [3.8, 4) is 0 Å². The van der Waals surface area contributed by atoms with Crippen LogP contribution in [0, 0.1) is 5.41 Å². The van der Waals surface area contributed by atoms with Gasteiger partial charge in [-0.15, -0.1) is 0 Å². The van der Waals surface area contributed by atoms with Crippen molar-refractivity contribution >= 4 is 11.8 Å². The standard InChI is InChI=1S/C13H28N2S/c1-11-10-15(7-8-16-11)6-5-12(14)9-13(2,3)4/h11-12H,5-10,14H2,1-4H3. The van der Waals surface area contributed by atoms with Gasteiger partial charge in [0.15, 0.2) is 0 Å². The summed E-state index contributed by atoms with van der Waals surface area (Å²) in [6.07, 6.45) is 2.28. The molecular formula is C13H28N2S. The zero-order valence-electron chi connectivity index (χ0n) is 11.3. The monoisotopic (exact) mass is 244 g/mol. The fourth-order valence-corrected chi connectivity index (χ4v) is 3.41. The van der Waals surface area contributed by atoms with Crippen LogP contribution in [0.2, 0.25) is 0 Å². The number of thioether (sulfide) groups is 1. The average molecular weight is 244 g/mol. The Hall–Kier alpha value is 0.270. The van der Waals surface area contributed by atoms with Crippen LogP contribution in [0.1, 0.15) is 40.5 Å². The summed E-state index contributed by atoms with van der Waals surface area (Å²) in [4.78, 5) is 2.57. The predicted octanol–water partition coefficient (Wildman–Crippen LogP) is 2.58. The van der Waals surface area contributed by atoms with Crippen molar-refractivity contribution in [1.82, 2.24) is 4.90 Å². The van der Waals surface area contributed by atoms with E-state index in [0.717, 1.165) is 18.1 Å². The molecule has 0 amide bonds. The molecule has 1 heterocycles. The van der Waals surface area contributed by atoms with E-state index in [1.807, 2.05) is 0 Å². The summed E-state index contributed by atoms with van der Waals surface area (Å²) in [5.74, 6) is 1.29. The molecule has 2 atom stereocenters. The Balaban J connectivity index is 2.18. The molecule has 0 bridgehead atoms. The molecule has 2 nitrogen and oxygen atoms in total. The zero-order chi connectivity index (χ0) is 12.2. The summed E-state index contributed by atoms with van der Waals surface area (Å²) in [5.41, 5.74) is 6.55. The highest BCUT2D eigenvalue weighted by atomic mass is 32.2. The van der Waals surface area contributed by atoms with Crippen LogP contribution in [0.5, 0.6) is 0 Å². The van der Waals surface area contributed by atoms with Crippen LogP contribution in [0.3, 0.4) is 0 Å². The number of hydrogen-bond acceptors (Lipinski definition) is 3. The lowest BCUT2D eigenvalue weighted by Gasteiger charge is -2.32. The van der Waals surface area contributed by atoms with E-state index in [1.165, 1.54) is 25.4 Å². The van der Waals surface area contributed by atoms with Crippen LogP contribution in [-0.2, 0) is 0 Å². The summed E-state index contributed by atoms with van der Waals surface area (Å²) in [6, 6.07) is 0.366. The smallest absolute Gasteiger partial charge is 0.0147 e. The highest BCUT2D eigenvalue weighted by molar-refractivity contribution is 7.99. The molecule has 0 aliphatic carbocycles. The lowest BCUT2D eigenvalue weighted by atomic mass is 9.87. The normalized spacial score (nSPS) is 25.7. The summed E-state index contributed by atoms with van der Waals surface area (Å²) >= 11 is 2.09. The van der Waals surface area contributed by atoms with Gasteiger partial charge in [0.1, 0.15) is 0 Å². The van der Waals surface area contributed by atoms with Gasteiger partial charge in [0, 0.05) is 30.1 Å². The Labute approximate surface area is 105 Å². The Morgan fingerprint density at radius 2 is 2.12 bits per heavy atom. The quantitative estimate of drug-likeness (QED) is 0.824. The molecule has 1 rings (SSSR count). The number of rotatable bonds is 4. The molecule has 0 saturated carbocycles. The molecular weight excluding hydrogens is 216 g/mol. The van der Waals surface area contributed by atoms with Gasteiger partial charge in [0.25, 0.3) is 0 Å². The van der Waals surface area contributed by atoms with Crippen molar-refractivity contribution in [2.45, 2.75) is 51.8 Å². The first-order valence-electron chi connectivity index (χ1n) is 6.46. The molecule has 2 unspecified atom stereocenters. The first-order chi connectivity index (χ1) is 7.37. The fourth-order valence-electron chi connectivity index (χ4n) is 2.33. The SMILES string of the molecule is CC1CN(CCC(N)CC(C)(C)C)CCS1. The van der Waals surface area contributed by atoms with Crippen molar-refractivity contribution in [2.75, 3.05) is 25.4 Å². The number of nitrogens with zero attached hydrogens (tertiary/aromatic N) is 1. The summed E-state index contributed by atoms with van der Waals surface area (Å²) in [5, 5.41) is 0.799. The third-order valence-electron chi connectivity index (χ3n) is 3.02. The van der Waals surface area contributed by atoms with Crippen LogP contribution in [0.15, 0.2) is 0 Å². The third-order valence-corrected chi connectivity index (χ3v) is 4.15. The first kappa shape index (κ1) is 14.3. The Kier molecular flexibility index (Phi) is 5.62. The van der Waals surface area contributed by atoms with E-state index in [0.29, 0.717) is 11.5 Å². The molecule has 0 aromatic heterocycles. The Morgan fingerprint density at radius 3 is 2.69 bits per heavy atom. The third kappa shape index (κ3) is 6.12. The molecule has 1 aliphatic rings. The minimum atomic E-state index is 0.366. The minimum Gasteiger partial charge on any atom is -0.328 e. The second kappa shape index (κ2) is 6.27. The van der Waals surface area contributed by atoms with Gasteiger partial charge in [-0.1, -0.05) is 27.7 Å². The first-order valence-corrected chi connectivity index (χ1v) is 7.51. The molecule has 1 saturated heterocycles. The van der Waals surface area contributed by atoms with Crippen LogP contribution in [0.4, 0.5) is 0 Å². The average Bonchev–Trinajstić information content (AvgIpc) is 2.12. The summed E-state index contributed by atoms with van der Waals surface area (Å²) < 4.78 is 0. The van der Waals surface area contributed by atoms with Crippen LogP contribution < -0.4 is 5.73 Å². The molecule has 16 heavy (non-hydrogen) atoms. The number of hydrogen-bond donors (Lipinski definition) is 1. The van der Waals surface area contributed by atoms with Gasteiger partial charge in [0.05, 0.1) is 0 Å². The maximum atomic E-state index is 6.18. The maximum absolute atomic E-state index is 6.18. The molecule has 96 valence electrons. The van der Waals surface area contributed by atoms with E-state index in [-0.39, 0.29) is 0 Å². The molecule has 0 spiro atoms. The Morgan fingerprint density at radius 1 is 1.44 bits per heavy atom. The molecule has 0 radical (unpaired) electrons. The second-order valence-corrected chi connectivity index (χ2v) is 7.84. The molecule has 1 aliphatic heterocycles. The Bertz CT molecular complexity index is 201. The summed E-state index contributed by atoms with van der Waals surface area (Å²) in [7, 11) is 0. The van der Waals surface area contributed by atoms with Crippen molar-refractivity contribution in [2.24, 2.45) is 11.1 Å². The van der Waals surface area contributed by atoms with E-state index < -0.39 is 0 Å².